The van der Waals surface area contributed by atoms with E-state index in [0.717, 1.165) is 57.0 Å². The van der Waals surface area contributed by atoms with Gasteiger partial charge in [-0.2, -0.15) is 0 Å². The lowest BCUT2D eigenvalue weighted by molar-refractivity contribution is 0.752. The van der Waals surface area contributed by atoms with E-state index < -0.39 is 5.41 Å². The molecule has 0 fully saturated rings. The molecule has 0 atom stereocenters. The van der Waals surface area contributed by atoms with Gasteiger partial charge in [0.1, 0.15) is 0 Å². The number of aromatic nitrogens is 2. The lowest BCUT2D eigenvalue weighted by Crippen LogP contribution is -2.36. The molecule has 7 heteroatoms. The fourth-order valence-electron chi connectivity index (χ4n) is 11.1. The molecule has 6 nitrogen and oxygen atoms in total. The molecule has 76 heavy (non-hydrogen) atoms. The van der Waals surface area contributed by atoms with Crippen molar-refractivity contribution >= 4 is 79.6 Å². The standard InChI is InChI=1S/C52H33N3S.2C8H9N.CH3N/c1-32-14-13-22-43-47(32)39-31-36(51-53-48(35-27-26-33-15-5-6-16-34(33)30-35)50-49(54-51)38-19-7-12-25-46(38)56-50)28-29-40(39)52(43)41-20-8-10-23-44(41)55(37-17-3-2-4-18-37)45-24-11-9-21-42(45)52;2*1-9-7-8-5-3-2-4-6-8;1-2/h2-31H,1H3;2*2-6H,1,7H2;2H,1H2. The van der Waals surface area contributed by atoms with Crippen molar-refractivity contribution in [2.45, 2.75) is 25.4 Å². The van der Waals surface area contributed by atoms with Gasteiger partial charge in [-0.3, -0.25) is 9.98 Å². The zero-order chi connectivity index (χ0) is 52.0. The van der Waals surface area contributed by atoms with Crippen LogP contribution in [0.1, 0.15) is 38.9 Å². The first-order valence-corrected chi connectivity index (χ1v) is 26.1. The first-order chi connectivity index (χ1) is 37.5. The third-order valence-electron chi connectivity index (χ3n) is 14.3. The highest BCUT2D eigenvalue weighted by molar-refractivity contribution is 7.26. The van der Waals surface area contributed by atoms with E-state index in [0.29, 0.717) is 0 Å². The molecule has 14 rings (SSSR count). The minimum atomic E-state index is -0.516. The Morgan fingerprint density at radius 2 is 1.05 bits per heavy atom. The predicted octanol–water partition coefficient (Wildman–Crippen LogP) is 17.8. The highest BCUT2D eigenvalue weighted by Crippen LogP contribution is 2.64. The minimum Gasteiger partial charge on any atom is -0.317 e. The van der Waals surface area contributed by atoms with Gasteiger partial charge in [0, 0.05) is 26.9 Å². The molecule has 1 N–H and O–H groups in total. The van der Waals surface area contributed by atoms with E-state index in [1.54, 1.807) is 11.3 Å². The van der Waals surface area contributed by atoms with Gasteiger partial charge in [0.2, 0.25) is 0 Å². The molecule has 0 saturated heterocycles. The van der Waals surface area contributed by atoms with Crippen LogP contribution in [0.25, 0.3) is 64.8 Å². The van der Waals surface area contributed by atoms with Gasteiger partial charge in [0.05, 0.1) is 45.8 Å². The molecular formula is C69H54N6S. The topological polar surface area (TPSA) is 77.6 Å². The Balaban J connectivity index is 0.000000260. The molecule has 0 radical (unpaired) electrons. The molecule has 0 amide bonds. The Bertz CT molecular complexity index is 3960. The van der Waals surface area contributed by atoms with Crippen molar-refractivity contribution in [3.05, 3.63) is 282 Å². The largest absolute Gasteiger partial charge is 0.317 e. The van der Waals surface area contributed by atoms with Gasteiger partial charge in [-0.05, 0) is 130 Å². The van der Waals surface area contributed by atoms with Crippen LogP contribution < -0.4 is 4.90 Å². The number of aryl methyl sites for hydroxylation is 1. The molecule has 12 aromatic rings. The van der Waals surface area contributed by atoms with E-state index in [1.165, 1.54) is 76.9 Å². The van der Waals surface area contributed by atoms with Crippen molar-refractivity contribution < 1.29 is 0 Å². The van der Waals surface area contributed by atoms with Crippen molar-refractivity contribution in [3.63, 3.8) is 0 Å². The summed E-state index contributed by atoms with van der Waals surface area (Å²) >= 11 is 1.78. The van der Waals surface area contributed by atoms with Crippen LogP contribution in [0.4, 0.5) is 17.1 Å². The number of rotatable bonds is 7. The molecule has 1 spiro atoms. The molecular weight excluding hydrogens is 945 g/mol. The second-order valence-corrected chi connectivity index (χ2v) is 19.7. The van der Waals surface area contributed by atoms with E-state index in [9.17, 15) is 0 Å². The Morgan fingerprint density at radius 1 is 0.500 bits per heavy atom. The summed E-state index contributed by atoms with van der Waals surface area (Å²) < 4.78 is 2.33. The fraction of sp³-hybridized carbons (Fsp3) is 0.0580. The highest BCUT2D eigenvalue weighted by Gasteiger charge is 2.52. The Morgan fingerprint density at radius 3 is 1.71 bits per heavy atom. The zero-order valence-electron chi connectivity index (χ0n) is 42.3. The molecule has 0 bridgehead atoms. The van der Waals surface area contributed by atoms with Gasteiger partial charge >= 0.3 is 0 Å². The summed E-state index contributed by atoms with van der Waals surface area (Å²) in [5, 5.41) is 9.09. The number of nitrogens with one attached hydrogen (secondary N) is 1. The van der Waals surface area contributed by atoms with E-state index in [4.69, 9.17) is 15.4 Å². The molecule has 1 aliphatic heterocycles. The summed E-state index contributed by atoms with van der Waals surface area (Å²) in [5.41, 5.74) is 18.5. The van der Waals surface area contributed by atoms with Gasteiger partial charge in [-0.25, -0.2) is 9.97 Å². The lowest BCUT2D eigenvalue weighted by Gasteiger charge is -2.45. The molecule has 1 aliphatic carbocycles. The summed E-state index contributed by atoms with van der Waals surface area (Å²) in [6, 6.07) is 86.5. The maximum absolute atomic E-state index is 5.50. The van der Waals surface area contributed by atoms with Gasteiger partial charge < -0.3 is 10.3 Å². The van der Waals surface area contributed by atoms with Crippen molar-refractivity contribution in [1.82, 2.24) is 9.97 Å². The average Bonchev–Trinajstić information content (AvgIpc) is 4.10. The highest BCUT2D eigenvalue weighted by atomic mass is 32.1. The van der Waals surface area contributed by atoms with E-state index in [2.05, 4.69) is 224 Å². The molecule has 3 heterocycles. The van der Waals surface area contributed by atoms with Crippen LogP contribution in [-0.2, 0) is 18.5 Å². The normalized spacial score (nSPS) is 12.1. The second-order valence-electron chi connectivity index (χ2n) is 18.7. The number of anilines is 3. The number of hydrogen-bond donors (Lipinski definition) is 1. The third-order valence-corrected chi connectivity index (χ3v) is 15.4. The Labute approximate surface area is 448 Å². The smallest absolute Gasteiger partial charge is 0.160 e. The number of thiophene rings is 1. The summed E-state index contributed by atoms with van der Waals surface area (Å²) in [5.74, 6) is 0.739. The molecule has 2 aliphatic rings. The first-order valence-electron chi connectivity index (χ1n) is 25.3. The molecule has 2 aromatic heterocycles. The molecule has 366 valence electrons. The zero-order valence-corrected chi connectivity index (χ0v) is 43.1. The van der Waals surface area contributed by atoms with Gasteiger partial charge in [-0.15, -0.1) is 11.3 Å². The Hall–Kier alpha value is -9.43. The monoisotopic (exact) mass is 998 g/mol. The average molecular weight is 999 g/mol. The number of benzene rings is 10. The molecule has 0 unspecified atom stereocenters. The van der Waals surface area contributed by atoms with Gasteiger partial charge in [0.15, 0.2) is 5.82 Å². The van der Waals surface area contributed by atoms with Crippen LogP contribution in [0.3, 0.4) is 0 Å². The van der Waals surface area contributed by atoms with Crippen molar-refractivity contribution in [2.24, 2.45) is 9.98 Å². The van der Waals surface area contributed by atoms with Crippen LogP contribution >= 0.6 is 11.3 Å². The van der Waals surface area contributed by atoms with E-state index in [-0.39, 0.29) is 0 Å². The number of aliphatic imine (C=N–C) groups is 2. The lowest BCUT2D eigenvalue weighted by atomic mass is 9.64. The molecule has 10 aromatic carbocycles. The summed E-state index contributed by atoms with van der Waals surface area (Å²) in [7, 11) is 0. The maximum Gasteiger partial charge on any atom is 0.160 e. The molecule has 0 saturated carbocycles. The van der Waals surface area contributed by atoms with Gasteiger partial charge in [0.25, 0.3) is 0 Å². The van der Waals surface area contributed by atoms with Gasteiger partial charge in [-0.1, -0.05) is 200 Å². The summed E-state index contributed by atoms with van der Waals surface area (Å²) in [6.07, 6.45) is 0. The fourth-order valence-corrected chi connectivity index (χ4v) is 12.2. The number of nitrogens with zero attached hydrogens (tertiary/aromatic N) is 5. The maximum atomic E-state index is 5.50. The number of hydrogen-bond acceptors (Lipinski definition) is 7. The van der Waals surface area contributed by atoms with E-state index >= 15 is 0 Å². The van der Waals surface area contributed by atoms with Crippen LogP contribution in [0.15, 0.2) is 253 Å². The van der Waals surface area contributed by atoms with Crippen molar-refractivity contribution in [3.8, 4) is 33.8 Å². The van der Waals surface area contributed by atoms with Crippen molar-refractivity contribution in [2.75, 3.05) is 4.90 Å². The quantitative estimate of drug-likeness (QED) is 0.162. The van der Waals surface area contributed by atoms with Crippen LogP contribution in [0.2, 0.25) is 0 Å². The van der Waals surface area contributed by atoms with E-state index in [1.807, 2.05) is 60.7 Å². The minimum absolute atomic E-state index is 0.516. The second kappa shape index (κ2) is 21.6. The Kier molecular flexibility index (Phi) is 13.9. The summed E-state index contributed by atoms with van der Waals surface area (Å²) in [4.78, 5) is 20.8. The SMILES string of the molecule is C=N.C=NCc1ccccc1.C=NCc1ccccc1.Cc1cccc2c1-c1cc(-c3nc(-c4ccc5ccccc5c4)c4sc5ccccc5c4n3)ccc1C21c2ccccc2N(c2ccccc2)c2ccccc21. The summed E-state index contributed by atoms with van der Waals surface area (Å²) in [6.45, 7) is 13.0. The van der Waals surface area contributed by atoms with Crippen LogP contribution in [0.5, 0.6) is 0 Å². The predicted molar refractivity (Wildman–Crippen MR) is 323 cm³/mol. The third kappa shape index (κ3) is 8.76. The number of para-hydroxylation sites is 3. The van der Waals surface area contributed by atoms with Crippen LogP contribution in [0, 0.1) is 12.3 Å². The first kappa shape index (κ1) is 48.8. The van der Waals surface area contributed by atoms with Crippen molar-refractivity contribution in [1.29, 1.82) is 5.41 Å². The number of fused-ring (bicyclic) bond motifs is 13. The van der Waals surface area contributed by atoms with Crippen LogP contribution in [-0.4, -0.2) is 30.1 Å².